The quantitative estimate of drug-likeness (QED) is 0.695. The van der Waals surface area contributed by atoms with Crippen LogP contribution in [-0.4, -0.2) is 79.8 Å². The number of carbonyl (C=O) groups is 2. The maximum Gasteiger partial charge on any atom is 0.323 e. The number of carboxylic acids is 1. The topological polar surface area (TPSA) is 104 Å². The lowest BCUT2D eigenvalue weighted by atomic mass is 9.96. The van der Waals surface area contributed by atoms with Crippen LogP contribution in [0, 0.1) is 5.92 Å². The fourth-order valence-corrected chi connectivity index (χ4v) is 4.43. The first-order valence-electron chi connectivity index (χ1n) is 8.81. The lowest BCUT2D eigenvalue weighted by Gasteiger charge is -2.37. The van der Waals surface area contributed by atoms with E-state index >= 15 is 0 Å². The summed E-state index contributed by atoms with van der Waals surface area (Å²) in [6, 6.07) is -0.218. The van der Waals surface area contributed by atoms with Crippen molar-refractivity contribution in [3.8, 4) is 0 Å². The maximum absolute atomic E-state index is 12.6. The molecule has 1 unspecified atom stereocenters. The van der Waals surface area contributed by atoms with E-state index in [1.807, 2.05) is 0 Å². The molecule has 2 saturated heterocycles. The number of amides is 1. The second kappa shape index (κ2) is 8.95. The number of rotatable bonds is 7. The number of aliphatic carboxylic acids is 1. The van der Waals surface area contributed by atoms with E-state index in [9.17, 15) is 18.0 Å². The zero-order chi connectivity index (χ0) is 18.4. The summed E-state index contributed by atoms with van der Waals surface area (Å²) in [6.07, 6.45) is 5.17. The van der Waals surface area contributed by atoms with Gasteiger partial charge in [-0.05, 0) is 38.0 Å². The Morgan fingerprint density at radius 3 is 2.44 bits per heavy atom. The van der Waals surface area contributed by atoms with E-state index in [0.29, 0.717) is 51.3 Å². The van der Waals surface area contributed by atoms with Crippen molar-refractivity contribution in [2.75, 3.05) is 39.1 Å². The molecule has 1 atom stereocenters. The van der Waals surface area contributed by atoms with Gasteiger partial charge < -0.3 is 14.7 Å². The second-order valence-corrected chi connectivity index (χ2v) is 8.91. The van der Waals surface area contributed by atoms with Gasteiger partial charge in [0.05, 0.1) is 6.26 Å². The number of piperidine rings is 1. The predicted octanol–water partition coefficient (Wildman–Crippen LogP) is 0.530. The van der Waals surface area contributed by atoms with Crippen LogP contribution in [0.4, 0.5) is 0 Å². The molecule has 0 aromatic rings. The van der Waals surface area contributed by atoms with Gasteiger partial charge in [-0.2, -0.15) is 0 Å². The lowest BCUT2D eigenvalue weighted by Crippen LogP contribution is -2.50. The summed E-state index contributed by atoms with van der Waals surface area (Å²) in [5.41, 5.74) is 0. The molecule has 0 radical (unpaired) electrons. The summed E-state index contributed by atoms with van der Waals surface area (Å²) in [6.45, 7) is 1.75. The maximum atomic E-state index is 12.6. The molecule has 1 amide bonds. The minimum Gasteiger partial charge on any atom is -0.480 e. The molecule has 0 saturated carbocycles. The van der Waals surface area contributed by atoms with Crippen molar-refractivity contribution in [3.05, 3.63) is 0 Å². The Labute approximate surface area is 149 Å². The second-order valence-electron chi connectivity index (χ2n) is 6.93. The molecule has 1 N–H and O–H groups in total. The van der Waals surface area contributed by atoms with E-state index in [0.717, 1.165) is 19.4 Å². The van der Waals surface area contributed by atoms with Gasteiger partial charge in [0.15, 0.2) is 0 Å². The van der Waals surface area contributed by atoms with E-state index in [4.69, 9.17) is 9.84 Å². The fraction of sp³-hybridized carbons (Fsp3) is 0.875. The zero-order valence-electron chi connectivity index (χ0n) is 14.7. The first-order valence-corrected chi connectivity index (χ1v) is 10.7. The highest BCUT2D eigenvalue weighted by molar-refractivity contribution is 7.88. The van der Waals surface area contributed by atoms with Gasteiger partial charge >= 0.3 is 5.97 Å². The molecule has 0 spiro atoms. The van der Waals surface area contributed by atoms with Crippen molar-refractivity contribution in [2.45, 2.75) is 44.6 Å². The summed E-state index contributed by atoms with van der Waals surface area (Å²) in [7, 11) is -3.24. The fourth-order valence-electron chi connectivity index (χ4n) is 3.56. The van der Waals surface area contributed by atoms with Crippen molar-refractivity contribution < 1.29 is 27.9 Å². The highest BCUT2D eigenvalue weighted by Gasteiger charge is 2.32. The average Bonchev–Trinajstić information content (AvgIpc) is 2.58. The number of carboxylic acid groups (broad SMARTS) is 1. The van der Waals surface area contributed by atoms with Gasteiger partial charge in [0.25, 0.3) is 0 Å². The van der Waals surface area contributed by atoms with Crippen molar-refractivity contribution in [2.24, 2.45) is 5.92 Å². The number of ether oxygens (including phenoxy) is 1. The van der Waals surface area contributed by atoms with Gasteiger partial charge in [-0.3, -0.25) is 9.59 Å². The molecule has 0 aromatic heterocycles. The molecule has 0 bridgehead atoms. The Balaban J connectivity index is 1.91. The predicted molar refractivity (Wildman–Crippen MR) is 91.6 cm³/mol. The van der Waals surface area contributed by atoms with Crippen molar-refractivity contribution in [1.29, 1.82) is 0 Å². The smallest absolute Gasteiger partial charge is 0.323 e. The lowest BCUT2D eigenvalue weighted by molar-refractivity contribution is -0.147. The van der Waals surface area contributed by atoms with Gasteiger partial charge in [0.2, 0.25) is 15.9 Å². The van der Waals surface area contributed by atoms with Gasteiger partial charge in [-0.25, -0.2) is 12.7 Å². The SMILES string of the molecule is CS(=O)(=O)N1CCC(N(CC(=O)O)C(=O)CCC2CCCOC2)CC1. The van der Waals surface area contributed by atoms with E-state index in [2.05, 4.69) is 0 Å². The summed E-state index contributed by atoms with van der Waals surface area (Å²) in [4.78, 5) is 25.2. The van der Waals surface area contributed by atoms with Crippen molar-refractivity contribution in [1.82, 2.24) is 9.21 Å². The summed E-state index contributed by atoms with van der Waals surface area (Å²) >= 11 is 0. The highest BCUT2D eigenvalue weighted by atomic mass is 32.2. The van der Waals surface area contributed by atoms with Gasteiger partial charge in [0, 0.05) is 38.8 Å². The Bertz CT molecular complexity index is 565. The molecule has 25 heavy (non-hydrogen) atoms. The number of nitrogens with zero attached hydrogens (tertiary/aromatic N) is 2. The number of hydrogen-bond donors (Lipinski definition) is 1. The van der Waals surface area contributed by atoms with Gasteiger partial charge in [-0.1, -0.05) is 0 Å². The van der Waals surface area contributed by atoms with Crippen LogP contribution in [0.2, 0.25) is 0 Å². The molecule has 8 nitrogen and oxygen atoms in total. The molecule has 0 aliphatic carbocycles. The molecular weight excluding hydrogens is 348 g/mol. The third kappa shape index (κ3) is 6.23. The Morgan fingerprint density at radius 1 is 1.24 bits per heavy atom. The van der Waals surface area contributed by atoms with Crippen LogP contribution in [-0.2, 0) is 24.3 Å². The highest BCUT2D eigenvalue weighted by Crippen LogP contribution is 2.22. The van der Waals surface area contributed by atoms with Crippen LogP contribution in [0.3, 0.4) is 0 Å². The first kappa shape index (κ1) is 20.1. The van der Waals surface area contributed by atoms with Crippen LogP contribution in [0.5, 0.6) is 0 Å². The molecular formula is C16H28N2O6S. The van der Waals surface area contributed by atoms with Crippen LogP contribution in [0.15, 0.2) is 0 Å². The first-order chi connectivity index (χ1) is 11.8. The molecule has 2 aliphatic rings. The summed E-state index contributed by atoms with van der Waals surface area (Å²) in [5.74, 6) is -0.845. The molecule has 2 heterocycles. The molecule has 9 heteroatoms. The largest absolute Gasteiger partial charge is 0.480 e. The normalized spacial score (nSPS) is 23.3. The molecule has 144 valence electrons. The Morgan fingerprint density at radius 2 is 1.92 bits per heavy atom. The van der Waals surface area contributed by atoms with E-state index in [1.165, 1.54) is 15.5 Å². The minimum absolute atomic E-state index is 0.161. The van der Waals surface area contributed by atoms with Crippen LogP contribution >= 0.6 is 0 Å². The molecule has 2 fully saturated rings. The van der Waals surface area contributed by atoms with E-state index < -0.39 is 16.0 Å². The average molecular weight is 376 g/mol. The van der Waals surface area contributed by atoms with Crippen LogP contribution in [0.25, 0.3) is 0 Å². The number of sulfonamides is 1. The molecule has 0 aromatic carbocycles. The number of hydrogen-bond acceptors (Lipinski definition) is 5. The molecule has 2 rings (SSSR count). The van der Waals surface area contributed by atoms with Crippen molar-refractivity contribution in [3.63, 3.8) is 0 Å². The third-order valence-corrected chi connectivity index (χ3v) is 6.28. The van der Waals surface area contributed by atoms with E-state index in [-0.39, 0.29) is 18.5 Å². The van der Waals surface area contributed by atoms with Gasteiger partial charge in [-0.15, -0.1) is 0 Å². The van der Waals surface area contributed by atoms with E-state index in [1.54, 1.807) is 0 Å². The molecule has 2 aliphatic heterocycles. The Kier molecular flexibility index (Phi) is 7.21. The monoisotopic (exact) mass is 376 g/mol. The van der Waals surface area contributed by atoms with Crippen LogP contribution in [0.1, 0.15) is 38.5 Å². The third-order valence-electron chi connectivity index (χ3n) is 4.98. The summed E-state index contributed by atoms with van der Waals surface area (Å²) in [5, 5.41) is 9.14. The Hall–Kier alpha value is -1.19. The summed E-state index contributed by atoms with van der Waals surface area (Å²) < 4.78 is 30.0. The van der Waals surface area contributed by atoms with Crippen LogP contribution < -0.4 is 0 Å². The zero-order valence-corrected chi connectivity index (χ0v) is 15.5. The van der Waals surface area contributed by atoms with Gasteiger partial charge in [0.1, 0.15) is 6.54 Å². The standard InChI is InChI=1S/C16H28N2O6S/c1-25(22,23)17-8-6-14(7-9-17)18(11-16(20)21)15(19)5-4-13-3-2-10-24-12-13/h13-14H,2-12H2,1H3,(H,20,21). The van der Waals surface area contributed by atoms with Crippen molar-refractivity contribution >= 4 is 21.9 Å². The number of carbonyl (C=O) groups excluding carboxylic acids is 1. The minimum atomic E-state index is -3.24.